The SMILES string of the molecule is C[C@@H](O)[C@@H]1NC(=O)[C@H](CCCCN)NC(=O)[C@@H](Cc2c[nH]c3ccccc23)NC(=O)[C@H](Cc2ccncc2)NC(=O)[C@H](Cc2ccccc2)NC(=O)[C@H](CCCN=C(N)N)NC(=O)[C@H](NC(=O)CSC[C@@H]2C[C@@H]3c4cccc5[nH]cc(c45)C[C@H]3N(C)C2)CCCCCC(=O)[C@H](Cc2ccccc2)NC1=O. The molecule has 27 heteroatoms. The lowest BCUT2D eigenvalue weighted by atomic mass is 9.73. The molecule has 4 aromatic carbocycles. The number of H-pyrrole nitrogens is 2. The lowest BCUT2D eigenvalue weighted by Crippen LogP contribution is -2.61. The first-order valence-electron chi connectivity index (χ1n) is 36.6. The summed E-state index contributed by atoms with van der Waals surface area (Å²) in [7, 11) is 2.17. The molecule has 5 heterocycles. The van der Waals surface area contributed by atoms with E-state index in [4.69, 9.17) is 17.2 Å². The maximum absolute atomic E-state index is 15.3. The van der Waals surface area contributed by atoms with Crippen LogP contribution in [-0.4, -0.2) is 183 Å². The average molecular weight is 1450 g/mol. The molecule has 2 fully saturated rings. The van der Waals surface area contributed by atoms with E-state index in [1.807, 2.05) is 42.5 Å². The quantitative estimate of drug-likeness (QED) is 0.0261. The van der Waals surface area contributed by atoms with E-state index in [1.165, 1.54) is 47.6 Å². The number of amides is 8. The average Bonchev–Trinajstić information content (AvgIpc) is 1.67. The highest BCUT2D eigenvalue weighted by Crippen LogP contribution is 2.45. The molecular formula is C78H100N16O10S. The van der Waals surface area contributed by atoms with Gasteiger partial charge in [0.25, 0.3) is 0 Å². The number of piperidine rings is 1. The number of rotatable bonds is 22. The first-order chi connectivity index (χ1) is 50.8. The fourth-order valence-electron chi connectivity index (χ4n) is 14.7. The van der Waals surface area contributed by atoms with Crippen LogP contribution in [0.1, 0.15) is 117 Å². The molecule has 8 amide bonds. The Morgan fingerprint density at radius 1 is 0.629 bits per heavy atom. The van der Waals surface area contributed by atoms with Crippen molar-refractivity contribution in [2.24, 2.45) is 28.1 Å². The third-order valence-corrected chi connectivity index (χ3v) is 21.3. The van der Waals surface area contributed by atoms with E-state index in [-0.39, 0.29) is 94.3 Å². The van der Waals surface area contributed by atoms with Crippen LogP contribution < -0.4 is 59.7 Å². The number of guanidine groups is 1. The highest BCUT2D eigenvalue weighted by atomic mass is 32.2. The Kier molecular flexibility index (Phi) is 28.2. The van der Waals surface area contributed by atoms with Gasteiger partial charge in [0.05, 0.1) is 17.9 Å². The number of hydrogen-bond acceptors (Lipinski definition) is 15. The van der Waals surface area contributed by atoms with Gasteiger partial charge in [-0.15, -0.1) is 0 Å². The highest BCUT2D eigenvalue weighted by Gasteiger charge is 2.41. The van der Waals surface area contributed by atoms with Gasteiger partial charge in [-0.2, -0.15) is 11.8 Å². The predicted molar refractivity (Wildman–Crippen MR) is 405 cm³/mol. The molecule has 7 aromatic rings. The molecule has 1 aliphatic carbocycles. The van der Waals surface area contributed by atoms with Gasteiger partial charge in [0.2, 0.25) is 47.3 Å². The molecule has 3 aromatic heterocycles. The Morgan fingerprint density at radius 2 is 1.20 bits per heavy atom. The molecule has 0 saturated carbocycles. The zero-order valence-electron chi connectivity index (χ0n) is 59.7. The number of unbranched alkanes of at least 4 members (excludes halogenated alkanes) is 1. The number of aliphatic hydroxyl groups is 1. The van der Waals surface area contributed by atoms with Crippen LogP contribution in [0, 0.1) is 5.92 Å². The molecule has 17 N–H and O–H groups in total. The van der Waals surface area contributed by atoms with Gasteiger partial charge in [-0.1, -0.05) is 104 Å². The number of nitrogens with zero attached hydrogens (tertiary/aromatic N) is 3. The normalized spacial score (nSPS) is 24.1. The largest absolute Gasteiger partial charge is 0.391 e. The lowest BCUT2D eigenvalue weighted by molar-refractivity contribution is -0.136. The summed E-state index contributed by atoms with van der Waals surface area (Å²) in [6.07, 6.45) is 8.93. The number of thioether (sulfide) groups is 1. The highest BCUT2D eigenvalue weighted by molar-refractivity contribution is 7.99. The van der Waals surface area contributed by atoms with Crippen LogP contribution in [-0.2, 0) is 75.3 Å². The fourth-order valence-corrected chi connectivity index (χ4v) is 15.6. The summed E-state index contributed by atoms with van der Waals surface area (Å²) >= 11 is 1.49. The van der Waals surface area contributed by atoms with Crippen LogP contribution in [0.15, 0.2) is 145 Å². The fraction of sp³-hybridized carbons (Fsp3) is 0.449. The van der Waals surface area contributed by atoms with Gasteiger partial charge in [-0.25, -0.2) is 0 Å². The number of aliphatic imine (C=N–C) groups is 1. The molecule has 10 rings (SSSR count). The molecule has 0 unspecified atom stereocenters. The van der Waals surface area contributed by atoms with Crippen molar-refractivity contribution in [3.63, 3.8) is 0 Å². The number of likely N-dealkylation sites (N-methyl/N-ethyl adjacent to an activating group) is 1. The van der Waals surface area contributed by atoms with E-state index in [2.05, 4.69) is 98.8 Å². The van der Waals surface area contributed by atoms with Crippen molar-refractivity contribution < 1.29 is 48.3 Å². The lowest BCUT2D eigenvalue weighted by Gasteiger charge is -2.45. The van der Waals surface area contributed by atoms with Crippen molar-refractivity contribution >= 4 is 92.6 Å². The van der Waals surface area contributed by atoms with E-state index in [0.717, 1.165) is 41.4 Å². The number of likely N-dealkylation sites (tertiary alicyclic amines) is 1. The minimum absolute atomic E-state index is 0.0157. The van der Waals surface area contributed by atoms with E-state index >= 15 is 24.0 Å². The summed E-state index contributed by atoms with van der Waals surface area (Å²) in [5.74, 6) is -5.24. The predicted octanol–water partition coefficient (Wildman–Crippen LogP) is 3.68. The minimum atomic E-state index is -1.63. The maximum Gasteiger partial charge on any atom is 0.245 e. The summed E-state index contributed by atoms with van der Waals surface area (Å²) in [6.45, 7) is 2.49. The van der Waals surface area contributed by atoms with Crippen LogP contribution in [0.5, 0.6) is 0 Å². The molecule has 2 saturated heterocycles. The zero-order chi connectivity index (χ0) is 74.4. The zero-order valence-corrected chi connectivity index (χ0v) is 60.5. The smallest absolute Gasteiger partial charge is 0.245 e. The van der Waals surface area contributed by atoms with Crippen LogP contribution >= 0.6 is 11.8 Å². The first-order valence-corrected chi connectivity index (χ1v) is 37.7. The number of para-hydroxylation sites is 1. The Hall–Kier alpha value is -9.96. The molecule has 0 spiro atoms. The third-order valence-electron chi connectivity index (χ3n) is 20.1. The number of aromatic amines is 2. The first kappa shape index (κ1) is 77.6. The second-order valence-corrected chi connectivity index (χ2v) is 29.1. The topological polar surface area (TPSA) is 408 Å². The van der Waals surface area contributed by atoms with Gasteiger partial charge >= 0.3 is 0 Å². The van der Waals surface area contributed by atoms with Crippen molar-refractivity contribution in [2.75, 3.05) is 38.2 Å². The Morgan fingerprint density at radius 3 is 1.87 bits per heavy atom. The van der Waals surface area contributed by atoms with E-state index in [1.54, 1.807) is 60.8 Å². The summed E-state index contributed by atoms with van der Waals surface area (Å²) in [5.41, 5.74) is 24.5. The van der Waals surface area contributed by atoms with Crippen LogP contribution in [0.3, 0.4) is 0 Å². The number of carbonyl (C=O) groups excluding carboxylic acids is 9. The second kappa shape index (κ2) is 38.2. The number of benzene rings is 4. The van der Waals surface area contributed by atoms with Gasteiger partial charge in [-0.3, -0.25) is 53.1 Å². The number of ketones is 1. The Balaban J connectivity index is 0.965. The van der Waals surface area contributed by atoms with Crippen molar-refractivity contribution in [1.82, 2.24) is 62.4 Å². The molecule has 26 nitrogen and oxygen atoms in total. The van der Waals surface area contributed by atoms with Gasteiger partial charge in [0.1, 0.15) is 42.3 Å². The number of nitrogens with two attached hydrogens (primary N) is 3. The van der Waals surface area contributed by atoms with Crippen molar-refractivity contribution in [1.29, 1.82) is 0 Å². The number of carbonyl (C=O) groups is 9. The summed E-state index contributed by atoms with van der Waals surface area (Å²) in [6, 6.07) is 24.4. The number of hydrogen-bond donors (Lipinski definition) is 14. The Bertz CT molecular complexity index is 4130. The number of nitrogens with one attached hydrogen (secondary N) is 10. The summed E-state index contributed by atoms with van der Waals surface area (Å²) in [4.78, 5) is 152. The van der Waals surface area contributed by atoms with Gasteiger partial charge < -0.3 is 79.7 Å². The van der Waals surface area contributed by atoms with Crippen LogP contribution in [0.25, 0.3) is 21.8 Å². The van der Waals surface area contributed by atoms with Crippen molar-refractivity contribution in [3.8, 4) is 0 Å². The summed E-state index contributed by atoms with van der Waals surface area (Å²) in [5, 5.41) is 36.3. The van der Waals surface area contributed by atoms with Crippen LogP contribution in [0.4, 0.5) is 0 Å². The second-order valence-electron chi connectivity index (χ2n) is 28.0. The van der Waals surface area contributed by atoms with E-state index in [9.17, 15) is 24.3 Å². The minimum Gasteiger partial charge on any atom is -0.391 e. The molecule has 12 atom stereocenters. The van der Waals surface area contributed by atoms with Gasteiger partial charge in [-0.05, 0) is 154 Å². The van der Waals surface area contributed by atoms with E-state index < -0.39 is 102 Å². The molecule has 0 bridgehead atoms. The molecule has 3 aliphatic rings. The van der Waals surface area contributed by atoms with Gasteiger partial charge in [0, 0.05) is 97.3 Å². The van der Waals surface area contributed by atoms with Crippen molar-refractivity contribution in [3.05, 3.63) is 173 Å². The standard InChI is InChI=1S/C78H100N16O10S/c1-47(95)70-77(104)89-62(37-48-18-6-3-7-19-48)67(96)29-11-5-10-25-59(86-68(97)46-105-45-51-36-56-55-23-16-27-58-69(55)53(43-85-58)41-66(56)94(2)44-51)71(98)87-61(28-17-33-83-78(80)81)72(99)90-63(38-49-20-8-4-9-21-49)74(101)91-64(39-50-30-34-82-35-31-50)75(102)92-65(40-52-42-84-57-24-13-12-22-54(52)57)76(103)88-60(73(100)93-70)26-14-15-32-79/h3-4,6-9,12-13,16,18-24,27,30-31,34-35,42-43,47,51,56,59-66,70,84-85,95H,5,10-11,14-15,17,25-26,28-29,32-33,36-41,44-46,79H2,1-2H3,(H,86,97)(H,87,98)(H,88,103)(H,89,104)(H,90,99)(H,91,101)(H,92,102)(H,93,100)(H4,80,81,83)/t47-,51-,56-,59-,60+,61+,62+,63+,64+,65-,66-,70+/m1/s1. The maximum atomic E-state index is 15.3. The Labute approximate surface area is 616 Å². The monoisotopic (exact) mass is 1450 g/mol. The number of aliphatic hydroxyl groups excluding tert-OH is 1. The number of aromatic nitrogens is 3. The summed E-state index contributed by atoms with van der Waals surface area (Å²) < 4.78 is 0. The number of fused-ring (bicyclic) bond motifs is 3. The van der Waals surface area contributed by atoms with Crippen molar-refractivity contribution in [2.45, 2.75) is 176 Å². The van der Waals surface area contributed by atoms with Crippen LogP contribution in [0.2, 0.25) is 0 Å². The number of Topliss-reactive ketones (excluding diaryl/α,β-unsaturated/α-hetero) is 1. The molecular weight excluding hydrogens is 1350 g/mol. The molecule has 2 aliphatic heterocycles. The van der Waals surface area contributed by atoms with E-state index in [0.29, 0.717) is 66.5 Å². The molecule has 558 valence electrons. The van der Waals surface area contributed by atoms with Gasteiger partial charge in [0.15, 0.2) is 11.7 Å². The third kappa shape index (κ3) is 21.8. The number of pyridine rings is 1. The molecule has 0 radical (unpaired) electrons. The molecule has 105 heavy (non-hydrogen) atoms.